The van der Waals surface area contributed by atoms with Gasteiger partial charge in [0.25, 0.3) is 0 Å². The molecule has 3 rings (SSSR count). The summed E-state index contributed by atoms with van der Waals surface area (Å²) in [4.78, 5) is 23.0. The molecule has 0 radical (unpaired) electrons. The van der Waals surface area contributed by atoms with E-state index >= 15 is 0 Å². The molecule has 2 N–H and O–H groups in total. The standard InChI is InChI=1S/C14H20N4O/c1-9-16-8-7-12(17-9)14-11(15)3-2-4-13(19)18(14)10-5-6-10/h7-8,10-11,14H,2-6,15H2,1H3. The summed E-state index contributed by atoms with van der Waals surface area (Å²) < 4.78 is 0. The van der Waals surface area contributed by atoms with E-state index in [4.69, 9.17) is 5.73 Å². The van der Waals surface area contributed by atoms with Gasteiger partial charge < -0.3 is 10.6 Å². The van der Waals surface area contributed by atoms with E-state index in [1.165, 1.54) is 0 Å². The van der Waals surface area contributed by atoms with Crippen LogP contribution in [0.1, 0.15) is 49.7 Å². The van der Waals surface area contributed by atoms with Crippen molar-refractivity contribution in [2.75, 3.05) is 0 Å². The fourth-order valence-electron chi connectivity index (χ4n) is 2.92. The van der Waals surface area contributed by atoms with E-state index in [2.05, 4.69) is 9.97 Å². The van der Waals surface area contributed by atoms with Gasteiger partial charge in [0.15, 0.2) is 0 Å². The molecule has 0 spiro atoms. The normalized spacial score (nSPS) is 28.3. The zero-order chi connectivity index (χ0) is 13.4. The van der Waals surface area contributed by atoms with Crippen molar-refractivity contribution in [3.05, 3.63) is 23.8 Å². The Hall–Kier alpha value is -1.49. The van der Waals surface area contributed by atoms with Crippen LogP contribution in [0.2, 0.25) is 0 Å². The highest BCUT2D eigenvalue weighted by Crippen LogP contribution is 2.38. The highest BCUT2D eigenvalue weighted by molar-refractivity contribution is 5.77. The molecule has 1 aliphatic heterocycles. The molecule has 2 fully saturated rings. The minimum atomic E-state index is -0.0794. The van der Waals surface area contributed by atoms with E-state index in [1.807, 2.05) is 17.9 Å². The molecule has 1 amide bonds. The van der Waals surface area contributed by atoms with E-state index in [9.17, 15) is 4.79 Å². The van der Waals surface area contributed by atoms with Crippen LogP contribution >= 0.6 is 0 Å². The second-order valence-corrected chi connectivity index (χ2v) is 5.56. The van der Waals surface area contributed by atoms with Crippen LogP contribution in [0.3, 0.4) is 0 Å². The summed E-state index contributed by atoms with van der Waals surface area (Å²) in [6, 6.07) is 2.16. The van der Waals surface area contributed by atoms with E-state index in [0.29, 0.717) is 12.5 Å². The Bertz CT molecular complexity index is 486. The topological polar surface area (TPSA) is 72.1 Å². The van der Waals surface area contributed by atoms with Gasteiger partial charge in [-0.2, -0.15) is 0 Å². The van der Waals surface area contributed by atoms with Crippen molar-refractivity contribution >= 4 is 5.91 Å². The molecule has 1 saturated carbocycles. The number of aryl methyl sites for hydroxylation is 1. The van der Waals surface area contributed by atoms with Crippen LogP contribution in [0.25, 0.3) is 0 Å². The third kappa shape index (κ3) is 2.47. The second-order valence-electron chi connectivity index (χ2n) is 5.56. The van der Waals surface area contributed by atoms with E-state index in [-0.39, 0.29) is 18.0 Å². The number of rotatable bonds is 2. The SMILES string of the molecule is Cc1nccc(C2C(N)CCCC(=O)N2C2CC2)n1. The van der Waals surface area contributed by atoms with Crippen molar-refractivity contribution in [2.24, 2.45) is 5.73 Å². The van der Waals surface area contributed by atoms with Gasteiger partial charge in [-0.15, -0.1) is 0 Å². The molecule has 2 aliphatic rings. The van der Waals surface area contributed by atoms with E-state index in [1.54, 1.807) is 6.20 Å². The minimum absolute atomic E-state index is 0.0265. The Morgan fingerprint density at radius 2 is 2.16 bits per heavy atom. The predicted molar refractivity (Wildman–Crippen MR) is 71.2 cm³/mol. The van der Waals surface area contributed by atoms with Crippen molar-refractivity contribution < 1.29 is 4.79 Å². The van der Waals surface area contributed by atoms with Gasteiger partial charge in [0.1, 0.15) is 5.82 Å². The number of nitrogens with two attached hydrogens (primary N) is 1. The number of hydrogen-bond acceptors (Lipinski definition) is 4. The smallest absolute Gasteiger partial charge is 0.223 e. The third-order valence-corrected chi connectivity index (χ3v) is 3.96. The Morgan fingerprint density at radius 3 is 2.84 bits per heavy atom. The quantitative estimate of drug-likeness (QED) is 0.870. The number of nitrogens with zero attached hydrogens (tertiary/aromatic N) is 3. The summed E-state index contributed by atoms with van der Waals surface area (Å²) in [5.41, 5.74) is 7.22. The average Bonchev–Trinajstić information content (AvgIpc) is 3.18. The fourth-order valence-corrected chi connectivity index (χ4v) is 2.92. The lowest BCUT2D eigenvalue weighted by Gasteiger charge is -2.33. The molecule has 0 bridgehead atoms. The van der Waals surface area contributed by atoms with Gasteiger partial charge in [-0.05, 0) is 38.7 Å². The molecule has 1 aromatic heterocycles. The van der Waals surface area contributed by atoms with Gasteiger partial charge in [-0.3, -0.25) is 4.79 Å². The third-order valence-electron chi connectivity index (χ3n) is 3.96. The van der Waals surface area contributed by atoms with Crippen LogP contribution < -0.4 is 5.73 Å². The number of amides is 1. The van der Waals surface area contributed by atoms with Crippen molar-refractivity contribution in [1.29, 1.82) is 0 Å². The monoisotopic (exact) mass is 260 g/mol. The molecular weight excluding hydrogens is 240 g/mol. The van der Waals surface area contributed by atoms with Crippen molar-refractivity contribution in [3.8, 4) is 0 Å². The Labute approximate surface area is 113 Å². The van der Waals surface area contributed by atoms with Gasteiger partial charge in [-0.1, -0.05) is 0 Å². The van der Waals surface area contributed by atoms with Crippen LogP contribution in [0.5, 0.6) is 0 Å². The molecule has 2 heterocycles. The molecule has 2 atom stereocenters. The first-order valence-corrected chi connectivity index (χ1v) is 7.03. The summed E-state index contributed by atoms with van der Waals surface area (Å²) in [5, 5.41) is 0. The number of hydrogen-bond donors (Lipinski definition) is 1. The van der Waals surface area contributed by atoms with Crippen LogP contribution in [-0.4, -0.2) is 32.9 Å². The molecule has 1 saturated heterocycles. The number of likely N-dealkylation sites (tertiary alicyclic amines) is 1. The predicted octanol–water partition coefficient (Wildman–Crippen LogP) is 1.33. The Morgan fingerprint density at radius 1 is 1.37 bits per heavy atom. The summed E-state index contributed by atoms with van der Waals surface area (Å²) in [7, 11) is 0. The van der Waals surface area contributed by atoms with Gasteiger partial charge in [-0.25, -0.2) is 9.97 Å². The van der Waals surface area contributed by atoms with Gasteiger partial charge in [0, 0.05) is 24.7 Å². The number of carbonyl (C=O) groups excluding carboxylic acids is 1. The zero-order valence-electron chi connectivity index (χ0n) is 11.2. The van der Waals surface area contributed by atoms with E-state index in [0.717, 1.165) is 37.2 Å². The first-order chi connectivity index (χ1) is 9.16. The molecule has 1 aromatic rings. The maximum atomic E-state index is 12.3. The second kappa shape index (κ2) is 4.89. The Balaban J connectivity index is 1.99. The molecule has 2 unspecified atom stereocenters. The van der Waals surface area contributed by atoms with Crippen LogP contribution in [0.15, 0.2) is 12.3 Å². The van der Waals surface area contributed by atoms with Crippen molar-refractivity contribution in [1.82, 2.24) is 14.9 Å². The highest BCUT2D eigenvalue weighted by Gasteiger charge is 2.42. The number of aromatic nitrogens is 2. The van der Waals surface area contributed by atoms with Crippen LogP contribution in [-0.2, 0) is 4.79 Å². The summed E-state index contributed by atoms with van der Waals surface area (Å²) >= 11 is 0. The van der Waals surface area contributed by atoms with Crippen LogP contribution in [0, 0.1) is 6.92 Å². The molecule has 19 heavy (non-hydrogen) atoms. The molecule has 102 valence electrons. The maximum Gasteiger partial charge on any atom is 0.223 e. The lowest BCUT2D eigenvalue weighted by atomic mass is 10.0. The highest BCUT2D eigenvalue weighted by atomic mass is 16.2. The number of carbonyl (C=O) groups is 1. The molecular formula is C14H20N4O. The minimum Gasteiger partial charge on any atom is -0.330 e. The first-order valence-electron chi connectivity index (χ1n) is 7.03. The molecule has 0 aromatic carbocycles. The van der Waals surface area contributed by atoms with E-state index < -0.39 is 0 Å². The van der Waals surface area contributed by atoms with Gasteiger partial charge in [0.2, 0.25) is 5.91 Å². The van der Waals surface area contributed by atoms with Crippen LogP contribution in [0.4, 0.5) is 0 Å². The summed E-state index contributed by atoms with van der Waals surface area (Å²) in [6.07, 6.45) is 6.32. The summed E-state index contributed by atoms with van der Waals surface area (Å²) in [5.74, 6) is 0.967. The molecule has 5 heteroatoms. The largest absolute Gasteiger partial charge is 0.330 e. The first kappa shape index (κ1) is 12.5. The molecule has 1 aliphatic carbocycles. The lowest BCUT2D eigenvalue weighted by molar-refractivity contribution is -0.134. The fraction of sp³-hybridized carbons (Fsp3) is 0.643. The summed E-state index contributed by atoms with van der Waals surface area (Å²) in [6.45, 7) is 1.87. The van der Waals surface area contributed by atoms with Gasteiger partial charge in [0.05, 0.1) is 11.7 Å². The molecule has 5 nitrogen and oxygen atoms in total. The Kier molecular flexibility index (Phi) is 3.22. The maximum absolute atomic E-state index is 12.3. The zero-order valence-corrected chi connectivity index (χ0v) is 11.2. The van der Waals surface area contributed by atoms with Crippen molar-refractivity contribution in [3.63, 3.8) is 0 Å². The lowest BCUT2D eigenvalue weighted by Crippen LogP contribution is -2.43. The average molecular weight is 260 g/mol. The van der Waals surface area contributed by atoms with Crippen molar-refractivity contribution in [2.45, 2.75) is 57.2 Å². The van der Waals surface area contributed by atoms with Gasteiger partial charge >= 0.3 is 0 Å².